The Balaban J connectivity index is 2.33. The van der Waals surface area contributed by atoms with Gasteiger partial charge in [0.25, 0.3) is 0 Å². The maximum Gasteiger partial charge on any atom is 0.163 e. The Morgan fingerprint density at radius 3 is 2.77 bits per heavy atom. The van der Waals surface area contributed by atoms with Crippen molar-refractivity contribution in [1.29, 1.82) is 0 Å². The van der Waals surface area contributed by atoms with Crippen LogP contribution in [0.3, 0.4) is 0 Å². The lowest BCUT2D eigenvalue weighted by molar-refractivity contribution is -0.137. The van der Waals surface area contributed by atoms with Crippen molar-refractivity contribution in [3.05, 3.63) is 11.6 Å². The Morgan fingerprint density at radius 1 is 1.62 bits per heavy atom. The predicted octanol–water partition coefficient (Wildman–Crippen LogP) is 1.47. The summed E-state index contributed by atoms with van der Waals surface area (Å²) in [6, 6.07) is 0. The van der Waals surface area contributed by atoms with Gasteiger partial charge in [-0.15, -0.1) is 0 Å². The minimum Gasteiger partial charge on any atom is -0.392 e. The molecule has 0 radical (unpaired) electrons. The molecule has 0 unspecified atom stereocenters. The molecule has 1 atom stereocenters. The maximum absolute atomic E-state index is 8.77. The van der Waals surface area contributed by atoms with Gasteiger partial charge in [-0.25, -0.2) is 0 Å². The van der Waals surface area contributed by atoms with Crippen LogP contribution in [-0.4, -0.2) is 30.2 Å². The molecule has 13 heavy (non-hydrogen) atoms. The molecule has 3 nitrogen and oxygen atoms in total. The molecule has 1 N–H and O–H groups in total. The van der Waals surface area contributed by atoms with Gasteiger partial charge in [0.05, 0.1) is 19.3 Å². The third-order valence-electron chi connectivity index (χ3n) is 2.05. The Bertz CT molecular complexity index is 196. The third kappa shape index (κ3) is 3.46. The van der Waals surface area contributed by atoms with E-state index in [9.17, 15) is 0 Å². The van der Waals surface area contributed by atoms with Crippen LogP contribution >= 0.6 is 0 Å². The van der Waals surface area contributed by atoms with Crippen LogP contribution in [-0.2, 0) is 9.47 Å². The molecule has 1 saturated heterocycles. The second-order valence-electron chi connectivity index (χ2n) is 3.89. The van der Waals surface area contributed by atoms with Crippen LogP contribution in [0.4, 0.5) is 0 Å². The number of aliphatic hydroxyl groups excluding tert-OH is 1. The lowest BCUT2D eigenvalue weighted by Crippen LogP contribution is -2.21. The maximum atomic E-state index is 8.77. The van der Waals surface area contributed by atoms with Gasteiger partial charge in [0.15, 0.2) is 5.79 Å². The van der Waals surface area contributed by atoms with Gasteiger partial charge in [-0.3, -0.25) is 0 Å². The van der Waals surface area contributed by atoms with Gasteiger partial charge in [-0.2, -0.15) is 0 Å². The number of hydrogen-bond acceptors (Lipinski definition) is 3. The van der Waals surface area contributed by atoms with Crippen LogP contribution in [0.1, 0.15) is 27.2 Å². The Hall–Kier alpha value is -0.380. The molecule has 0 bridgehead atoms. The van der Waals surface area contributed by atoms with Crippen molar-refractivity contribution in [2.24, 2.45) is 0 Å². The fourth-order valence-electron chi connectivity index (χ4n) is 1.28. The van der Waals surface area contributed by atoms with Gasteiger partial charge in [-0.1, -0.05) is 11.6 Å². The Kier molecular flexibility index (Phi) is 3.47. The minimum absolute atomic E-state index is 0.122. The molecule has 0 aromatic rings. The third-order valence-corrected chi connectivity index (χ3v) is 2.05. The topological polar surface area (TPSA) is 38.7 Å². The zero-order chi connectivity index (χ0) is 9.90. The first-order chi connectivity index (χ1) is 6.03. The largest absolute Gasteiger partial charge is 0.392 e. The molecular weight excluding hydrogens is 168 g/mol. The molecule has 3 heteroatoms. The highest BCUT2D eigenvalue weighted by molar-refractivity contribution is 4.99. The summed E-state index contributed by atoms with van der Waals surface area (Å²) in [7, 11) is 0. The second-order valence-corrected chi connectivity index (χ2v) is 3.89. The summed E-state index contributed by atoms with van der Waals surface area (Å²) in [5.74, 6) is -0.439. The first-order valence-electron chi connectivity index (χ1n) is 4.62. The van der Waals surface area contributed by atoms with Crippen LogP contribution in [0.2, 0.25) is 0 Å². The molecule has 1 heterocycles. The molecule has 1 rings (SSSR count). The number of rotatable bonds is 3. The van der Waals surface area contributed by atoms with Crippen molar-refractivity contribution in [2.75, 3.05) is 13.2 Å². The van der Waals surface area contributed by atoms with Crippen molar-refractivity contribution >= 4 is 0 Å². The number of aliphatic hydroxyl groups is 1. The Labute approximate surface area is 79.3 Å². The summed E-state index contributed by atoms with van der Waals surface area (Å²) in [4.78, 5) is 0. The van der Waals surface area contributed by atoms with E-state index in [1.165, 1.54) is 0 Å². The van der Waals surface area contributed by atoms with E-state index in [0.29, 0.717) is 6.61 Å². The highest BCUT2D eigenvalue weighted by atomic mass is 16.7. The van der Waals surface area contributed by atoms with Crippen LogP contribution in [0, 0.1) is 0 Å². The molecule has 0 saturated carbocycles. The van der Waals surface area contributed by atoms with Crippen molar-refractivity contribution in [1.82, 2.24) is 0 Å². The fraction of sp³-hybridized carbons (Fsp3) is 0.800. The highest BCUT2D eigenvalue weighted by Crippen LogP contribution is 2.24. The predicted molar refractivity (Wildman–Crippen MR) is 50.4 cm³/mol. The zero-order valence-electron chi connectivity index (χ0n) is 8.54. The van der Waals surface area contributed by atoms with Gasteiger partial charge < -0.3 is 14.6 Å². The first-order valence-corrected chi connectivity index (χ1v) is 4.62. The van der Waals surface area contributed by atoms with Crippen molar-refractivity contribution in [3.63, 3.8) is 0 Å². The SMILES string of the molecule is C/C(=C\C[C@@H]1COC(C)(C)O1)CO. The van der Waals surface area contributed by atoms with E-state index in [4.69, 9.17) is 14.6 Å². The van der Waals surface area contributed by atoms with Gasteiger partial charge in [-0.05, 0) is 27.2 Å². The highest BCUT2D eigenvalue weighted by Gasteiger charge is 2.31. The normalized spacial score (nSPS) is 28.0. The standard InChI is InChI=1S/C10H18O3/c1-8(6-11)4-5-9-7-12-10(2,3)13-9/h4,9,11H,5-7H2,1-3H3/b8-4+/t9-/m1/s1. The van der Waals surface area contributed by atoms with E-state index in [-0.39, 0.29) is 12.7 Å². The average Bonchev–Trinajstić information content (AvgIpc) is 2.41. The minimum atomic E-state index is -0.439. The summed E-state index contributed by atoms with van der Waals surface area (Å²) in [6.45, 7) is 6.49. The van der Waals surface area contributed by atoms with Gasteiger partial charge in [0.1, 0.15) is 0 Å². The second kappa shape index (κ2) is 4.22. The molecule has 76 valence electrons. The van der Waals surface area contributed by atoms with Crippen LogP contribution in [0.15, 0.2) is 11.6 Å². The summed E-state index contributed by atoms with van der Waals surface area (Å²) in [5.41, 5.74) is 0.980. The Morgan fingerprint density at radius 2 is 2.31 bits per heavy atom. The molecule has 1 aliphatic rings. The monoisotopic (exact) mass is 186 g/mol. The average molecular weight is 186 g/mol. The van der Waals surface area contributed by atoms with Crippen LogP contribution < -0.4 is 0 Å². The van der Waals surface area contributed by atoms with Crippen molar-refractivity contribution in [3.8, 4) is 0 Å². The summed E-state index contributed by atoms with van der Waals surface area (Å²) < 4.78 is 11.0. The molecule has 0 aromatic heterocycles. The van der Waals surface area contributed by atoms with E-state index in [1.807, 2.05) is 26.8 Å². The molecule has 0 amide bonds. The van der Waals surface area contributed by atoms with E-state index < -0.39 is 5.79 Å². The van der Waals surface area contributed by atoms with E-state index >= 15 is 0 Å². The lowest BCUT2D eigenvalue weighted by Gasteiger charge is -2.16. The van der Waals surface area contributed by atoms with Gasteiger partial charge in [0.2, 0.25) is 0 Å². The first kappa shape index (κ1) is 10.7. The van der Waals surface area contributed by atoms with Crippen molar-refractivity contribution < 1.29 is 14.6 Å². The number of ether oxygens (including phenoxy) is 2. The quantitative estimate of drug-likeness (QED) is 0.678. The molecule has 1 fully saturated rings. The van der Waals surface area contributed by atoms with Gasteiger partial charge >= 0.3 is 0 Å². The summed E-state index contributed by atoms with van der Waals surface area (Å²) >= 11 is 0. The van der Waals surface area contributed by atoms with Crippen molar-refractivity contribution in [2.45, 2.75) is 39.1 Å². The molecule has 0 aromatic carbocycles. The van der Waals surface area contributed by atoms with E-state index in [0.717, 1.165) is 12.0 Å². The number of hydrogen-bond donors (Lipinski definition) is 1. The summed E-state index contributed by atoms with van der Waals surface area (Å²) in [6.07, 6.45) is 2.95. The summed E-state index contributed by atoms with van der Waals surface area (Å²) in [5, 5.41) is 8.77. The molecule has 0 spiro atoms. The molecule has 1 aliphatic heterocycles. The van der Waals surface area contributed by atoms with Gasteiger partial charge in [0, 0.05) is 0 Å². The lowest BCUT2D eigenvalue weighted by atomic mass is 10.2. The van der Waals surface area contributed by atoms with Crippen LogP contribution in [0.5, 0.6) is 0 Å². The van der Waals surface area contributed by atoms with E-state index in [2.05, 4.69) is 0 Å². The fourth-order valence-corrected chi connectivity index (χ4v) is 1.28. The van der Waals surface area contributed by atoms with E-state index in [1.54, 1.807) is 0 Å². The molecule has 0 aliphatic carbocycles. The van der Waals surface area contributed by atoms with Crippen LogP contribution in [0.25, 0.3) is 0 Å². The molecular formula is C10H18O3. The smallest absolute Gasteiger partial charge is 0.163 e. The zero-order valence-corrected chi connectivity index (χ0v) is 8.54.